The Labute approximate surface area is 398 Å². The zero-order valence-corrected chi connectivity index (χ0v) is 40.1. The minimum atomic E-state index is -0.996. The molecule has 1 aliphatic heterocycles. The number of nitrogens with two attached hydrogens (primary N) is 1. The summed E-state index contributed by atoms with van der Waals surface area (Å²) < 4.78 is 38.5. The van der Waals surface area contributed by atoms with Crippen molar-refractivity contribution in [1.82, 2.24) is 30.7 Å². The van der Waals surface area contributed by atoms with Gasteiger partial charge in [-0.15, -0.1) is 0 Å². The molecule has 23 heteroatoms. The van der Waals surface area contributed by atoms with Gasteiger partial charge < -0.3 is 70.0 Å². The Morgan fingerprint density at radius 3 is 1.80 bits per heavy atom. The van der Waals surface area contributed by atoms with Gasteiger partial charge in [0.2, 0.25) is 17.7 Å². The van der Waals surface area contributed by atoms with E-state index in [2.05, 4.69) is 21.3 Å². The molecule has 1 heterocycles. The summed E-state index contributed by atoms with van der Waals surface area (Å²) in [6.45, 7) is 9.35. The molecular weight excluding hydrogens is 901 g/mol. The summed E-state index contributed by atoms with van der Waals surface area (Å²) in [5.74, 6) is -2.40. The Hall–Kier alpha value is -4.88. The monoisotopic (exact) mass is 968 g/mol. The molecule has 1 aromatic carbocycles. The number of benzene rings is 1. The molecule has 0 aliphatic carbocycles. The van der Waals surface area contributed by atoms with Gasteiger partial charge in [-0.05, 0) is 48.7 Å². The second kappa shape index (κ2) is 34.4. The summed E-state index contributed by atoms with van der Waals surface area (Å²) >= 11 is 10.3. The van der Waals surface area contributed by atoms with Crippen LogP contribution in [-0.4, -0.2) is 193 Å². The van der Waals surface area contributed by atoms with E-state index in [0.717, 1.165) is 10.5 Å². The number of primary amides is 1. The lowest BCUT2D eigenvalue weighted by molar-refractivity contribution is -0.137. The van der Waals surface area contributed by atoms with Crippen molar-refractivity contribution in [3.63, 3.8) is 0 Å². The maximum atomic E-state index is 13.5. The van der Waals surface area contributed by atoms with Crippen molar-refractivity contribution < 1.29 is 61.9 Å². The van der Waals surface area contributed by atoms with Crippen LogP contribution in [0.5, 0.6) is 0 Å². The van der Waals surface area contributed by atoms with E-state index in [1.807, 2.05) is 23.9 Å². The van der Waals surface area contributed by atoms with Gasteiger partial charge in [0.05, 0.1) is 91.3 Å². The molecule has 1 aliphatic rings. The van der Waals surface area contributed by atoms with Crippen LogP contribution >= 0.6 is 24.4 Å². The lowest BCUT2D eigenvalue weighted by atomic mass is 10.0. The number of ether oxygens (including phenoxy) is 7. The molecule has 0 bridgehead atoms. The van der Waals surface area contributed by atoms with Gasteiger partial charge in [-0.25, -0.2) is 4.79 Å². The van der Waals surface area contributed by atoms with Crippen molar-refractivity contribution in [2.24, 2.45) is 11.7 Å². The molecule has 2 rings (SSSR count). The molecule has 7 amide bonds. The van der Waals surface area contributed by atoms with Crippen molar-refractivity contribution in [3.8, 4) is 0 Å². The first kappa shape index (κ1) is 57.2. The van der Waals surface area contributed by atoms with Crippen molar-refractivity contribution in [1.29, 1.82) is 0 Å². The number of anilines is 1. The number of amides is 7. The molecule has 1 aromatic rings. The average molecular weight is 969 g/mol. The number of imide groups is 1. The van der Waals surface area contributed by atoms with Gasteiger partial charge in [-0.2, -0.15) is 0 Å². The Bertz CT molecular complexity index is 1670. The number of nitrogens with zero attached hydrogens (tertiary/aromatic N) is 3. The van der Waals surface area contributed by atoms with E-state index in [1.54, 1.807) is 43.6 Å². The van der Waals surface area contributed by atoms with Gasteiger partial charge >= 0.3 is 6.03 Å². The Morgan fingerprint density at radius 1 is 0.758 bits per heavy atom. The highest BCUT2D eigenvalue weighted by atomic mass is 32.1. The van der Waals surface area contributed by atoms with Gasteiger partial charge in [0.15, 0.2) is 0 Å². The third-order valence-corrected chi connectivity index (χ3v) is 10.2. The summed E-state index contributed by atoms with van der Waals surface area (Å²) in [6, 6.07) is 4.36. The molecule has 21 nitrogen and oxygen atoms in total. The lowest BCUT2D eigenvalue weighted by Crippen LogP contribution is -2.54. The summed E-state index contributed by atoms with van der Waals surface area (Å²) in [5.41, 5.74) is 8.06. The second-order valence-electron chi connectivity index (χ2n) is 15.1. The van der Waals surface area contributed by atoms with E-state index in [-0.39, 0.29) is 70.1 Å². The van der Waals surface area contributed by atoms with E-state index in [0.29, 0.717) is 89.8 Å². The molecule has 0 fully saturated rings. The minimum absolute atomic E-state index is 0.000107. The fraction of sp³-hybridized carbons (Fsp3) is 0.628. The topological polar surface area (TPSA) is 251 Å². The summed E-state index contributed by atoms with van der Waals surface area (Å²) in [5, 5.41) is 11.2. The van der Waals surface area contributed by atoms with Crippen LogP contribution in [0, 0.1) is 5.92 Å². The van der Waals surface area contributed by atoms with Crippen molar-refractivity contribution in [3.05, 3.63) is 42.0 Å². The van der Waals surface area contributed by atoms with Gasteiger partial charge in [0.25, 0.3) is 17.0 Å². The predicted octanol–water partition coefficient (Wildman–Crippen LogP) is 0.736. The van der Waals surface area contributed by atoms with Crippen LogP contribution in [-0.2, 0) is 63.7 Å². The van der Waals surface area contributed by atoms with Crippen molar-refractivity contribution in [2.45, 2.75) is 51.8 Å². The highest BCUT2D eigenvalue weighted by molar-refractivity contribution is 7.80. The van der Waals surface area contributed by atoms with Crippen LogP contribution in [0.3, 0.4) is 0 Å². The summed E-state index contributed by atoms with van der Waals surface area (Å²) in [7, 11) is 3.71. The van der Waals surface area contributed by atoms with Crippen LogP contribution in [0.15, 0.2) is 36.4 Å². The quantitative estimate of drug-likeness (QED) is 0.0350. The maximum absolute atomic E-state index is 13.5. The highest BCUT2D eigenvalue weighted by Gasteiger charge is 2.29. The van der Waals surface area contributed by atoms with Gasteiger partial charge in [-0.3, -0.25) is 28.9 Å². The van der Waals surface area contributed by atoms with E-state index >= 15 is 0 Å². The third-order valence-electron chi connectivity index (χ3n) is 9.42. The fourth-order valence-corrected chi connectivity index (χ4v) is 5.88. The summed E-state index contributed by atoms with van der Waals surface area (Å²) in [6.07, 6.45) is 2.99. The predicted molar refractivity (Wildman–Crippen MR) is 252 cm³/mol. The first-order valence-electron chi connectivity index (χ1n) is 21.8. The number of urea groups is 1. The number of hydrogen-bond donors (Lipinski definition) is 5. The highest BCUT2D eigenvalue weighted by Crippen LogP contribution is 2.13. The number of hydrogen-bond acceptors (Lipinski definition) is 15. The van der Waals surface area contributed by atoms with E-state index in [9.17, 15) is 28.8 Å². The number of carbonyl (C=O) groups is 6. The average Bonchev–Trinajstić information content (AvgIpc) is 3.61. The van der Waals surface area contributed by atoms with Gasteiger partial charge in [0, 0.05) is 58.0 Å². The van der Waals surface area contributed by atoms with Gasteiger partial charge in [-0.1, -0.05) is 38.2 Å². The zero-order chi connectivity index (χ0) is 48.5. The molecule has 66 heavy (non-hydrogen) atoms. The number of carbonyl (C=O) groups excluding carboxylic acids is 6. The summed E-state index contributed by atoms with van der Waals surface area (Å²) in [4.78, 5) is 78.8. The largest absolute Gasteiger partial charge is 0.466 e. The molecular formula is C43H68N8O13S2. The molecule has 0 spiro atoms. The second-order valence-corrected chi connectivity index (χ2v) is 15.7. The molecule has 6 N–H and O–H groups in total. The molecule has 0 radical (unpaired) electrons. The Balaban J connectivity index is 1.62. The number of rotatable bonds is 37. The van der Waals surface area contributed by atoms with E-state index in [1.165, 1.54) is 12.2 Å². The smallest absolute Gasteiger partial charge is 0.312 e. The lowest BCUT2D eigenvalue weighted by Gasteiger charge is -2.25. The fourth-order valence-electron chi connectivity index (χ4n) is 5.62. The van der Waals surface area contributed by atoms with E-state index in [4.69, 9.17) is 63.3 Å². The van der Waals surface area contributed by atoms with Crippen LogP contribution in [0.2, 0.25) is 0 Å². The minimum Gasteiger partial charge on any atom is -0.466 e. The number of likely N-dealkylation sites (N-methyl/N-ethyl adjacent to an activating group) is 2. The molecule has 0 saturated carbocycles. The molecule has 0 saturated heterocycles. The standard InChI is InChI=1S/C43H68N8O13S2/c1-32(2)39(48-36(52)13-18-58-20-22-60-24-26-62-28-29-63-27-25-61-23-21-59-19-17-51-37(53)11-12-38(51)54)41(56)47-35(6-5-14-45-42(44)57)40(55)46-34-9-7-33(8-10-34)30-64-43(66)50(4)16-15-49(3)31-65/h7-12,31-32,35,39H,5-6,13-30H2,1-4H3,(H,46,55)(H,47,56)(H,48,52)(H3,44,45,57). The first-order chi connectivity index (χ1) is 31.7. The van der Waals surface area contributed by atoms with Crippen molar-refractivity contribution >= 4 is 76.4 Å². The van der Waals surface area contributed by atoms with E-state index < -0.39 is 35.8 Å². The maximum Gasteiger partial charge on any atom is 0.312 e. The molecule has 0 aromatic heterocycles. The molecule has 2 unspecified atom stereocenters. The first-order valence-corrected chi connectivity index (χ1v) is 22.7. The molecule has 370 valence electrons. The molecule has 2 atom stereocenters. The Morgan fingerprint density at radius 2 is 1.29 bits per heavy atom. The van der Waals surface area contributed by atoms with Crippen LogP contribution in [0.25, 0.3) is 0 Å². The van der Waals surface area contributed by atoms with Crippen LogP contribution in [0.4, 0.5) is 10.5 Å². The third kappa shape index (κ3) is 25.7. The Kier molecular flexibility index (Phi) is 29.9. The normalized spacial score (nSPS) is 13.0. The SMILES string of the molecule is CC(C)C(NC(=O)CCOCCOCCOCCOCCOCCOCCN1C(=O)C=CC1=O)C(=O)NC(CCCNC(N)=O)C(=O)Nc1ccc(COC(=S)N(C)CCN(C)C=S)cc1. The van der Waals surface area contributed by atoms with Crippen LogP contribution in [0.1, 0.15) is 38.7 Å². The number of thiocarbonyl (C=S) groups is 2. The number of nitrogens with one attached hydrogen (secondary N) is 4. The zero-order valence-electron chi connectivity index (χ0n) is 38.5. The van der Waals surface area contributed by atoms with Gasteiger partial charge in [0.1, 0.15) is 18.7 Å². The van der Waals surface area contributed by atoms with Crippen molar-refractivity contribution in [2.75, 3.05) is 125 Å². The van der Waals surface area contributed by atoms with Crippen LogP contribution < -0.4 is 27.0 Å².